The number of rotatable bonds is 5. The van der Waals surface area contributed by atoms with Gasteiger partial charge in [-0.1, -0.05) is 23.7 Å². The zero-order valence-electron chi connectivity index (χ0n) is 14.7. The van der Waals surface area contributed by atoms with Gasteiger partial charge in [0.2, 0.25) is 5.91 Å². The third kappa shape index (κ3) is 4.35. The van der Waals surface area contributed by atoms with Gasteiger partial charge in [0.25, 0.3) is 5.91 Å². The van der Waals surface area contributed by atoms with E-state index in [4.69, 9.17) is 11.6 Å². The van der Waals surface area contributed by atoms with Crippen LogP contribution in [0.2, 0.25) is 5.02 Å². The second kappa shape index (κ2) is 8.23. The Kier molecular flexibility index (Phi) is 5.78. The van der Waals surface area contributed by atoms with Gasteiger partial charge in [0.05, 0.1) is 6.54 Å². The van der Waals surface area contributed by atoms with Crippen molar-refractivity contribution in [1.82, 2.24) is 4.90 Å². The lowest BCUT2D eigenvalue weighted by Crippen LogP contribution is -2.27. The minimum absolute atomic E-state index is 0.0464. The molecule has 6 heteroatoms. The Morgan fingerprint density at radius 3 is 2.62 bits per heavy atom. The summed E-state index contributed by atoms with van der Waals surface area (Å²) >= 11 is 6.07. The van der Waals surface area contributed by atoms with Crippen molar-refractivity contribution in [2.45, 2.75) is 19.8 Å². The van der Waals surface area contributed by atoms with Gasteiger partial charge < -0.3 is 15.5 Å². The lowest BCUT2D eigenvalue weighted by molar-refractivity contribution is -0.114. The average molecular weight is 372 g/mol. The van der Waals surface area contributed by atoms with Gasteiger partial charge in [-0.25, -0.2) is 0 Å². The molecule has 0 aromatic heterocycles. The maximum absolute atomic E-state index is 12.5. The summed E-state index contributed by atoms with van der Waals surface area (Å²) in [5, 5.41) is 6.53. The van der Waals surface area contributed by atoms with E-state index in [1.807, 2.05) is 30.0 Å². The minimum Gasteiger partial charge on any atom is -0.376 e. The second-order valence-corrected chi connectivity index (χ2v) is 6.80. The molecular formula is C20H22ClN3O2. The first-order valence-electron chi connectivity index (χ1n) is 8.73. The number of carbonyl (C=O) groups excluding carboxylic acids is 2. The molecule has 1 saturated heterocycles. The van der Waals surface area contributed by atoms with Gasteiger partial charge in [0.15, 0.2) is 0 Å². The Labute approximate surface area is 158 Å². The van der Waals surface area contributed by atoms with Crippen LogP contribution in [0.3, 0.4) is 0 Å². The molecule has 0 radical (unpaired) electrons. The summed E-state index contributed by atoms with van der Waals surface area (Å²) in [5.41, 5.74) is 2.92. The van der Waals surface area contributed by atoms with Crippen LogP contribution < -0.4 is 10.6 Å². The largest absolute Gasteiger partial charge is 0.376 e. The summed E-state index contributed by atoms with van der Waals surface area (Å²) in [6, 6.07) is 12.7. The predicted molar refractivity (Wildman–Crippen MR) is 105 cm³/mol. The first-order valence-corrected chi connectivity index (χ1v) is 9.10. The third-order valence-electron chi connectivity index (χ3n) is 4.50. The smallest absolute Gasteiger partial charge is 0.253 e. The molecule has 1 aliphatic rings. The number of nitrogens with zero attached hydrogens (tertiary/aromatic N) is 1. The summed E-state index contributed by atoms with van der Waals surface area (Å²) in [7, 11) is 0. The van der Waals surface area contributed by atoms with E-state index in [2.05, 4.69) is 10.6 Å². The SMILES string of the molecule is Cc1c(Cl)cccc1NC(=O)CNc1cccc(C(=O)N2CCCC2)c1. The monoisotopic (exact) mass is 371 g/mol. The molecule has 26 heavy (non-hydrogen) atoms. The van der Waals surface area contributed by atoms with E-state index in [-0.39, 0.29) is 18.4 Å². The number of carbonyl (C=O) groups is 2. The fourth-order valence-corrected chi connectivity index (χ4v) is 3.16. The van der Waals surface area contributed by atoms with Crippen molar-refractivity contribution in [2.75, 3.05) is 30.3 Å². The van der Waals surface area contributed by atoms with Crippen molar-refractivity contribution < 1.29 is 9.59 Å². The first kappa shape index (κ1) is 18.3. The van der Waals surface area contributed by atoms with Crippen LogP contribution in [0.5, 0.6) is 0 Å². The van der Waals surface area contributed by atoms with E-state index in [1.54, 1.807) is 24.3 Å². The maximum Gasteiger partial charge on any atom is 0.253 e. The predicted octanol–water partition coefficient (Wildman–Crippen LogP) is 3.94. The van der Waals surface area contributed by atoms with Crippen molar-refractivity contribution in [3.05, 3.63) is 58.6 Å². The number of nitrogens with one attached hydrogen (secondary N) is 2. The Morgan fingerprint density at radius 2 is 1.85 bits per heavy atom. The number of halogens is 1. The lowest BCUT2D eigenvalue weighted by atomic mass is 10.1. The van der Waals surface area contributed by atoms with Gasteiger partial charge in [-0.15, -0.1) is 0 Å². The highest BCUT2D eigenvalue weighted by atomic mass is 35.5. The molecule has 3 rings (SSSR count). The van der Waals surface area contributed by atoms with Crippen molar-refractivity contribution in [3.63, 3.8) is 0 Å². The minimum atomic E-state index is -0.174. The number of hydrogen-bond acceptors (Lipinski definition) is 3. The van der Waals surface area contributed by atoms with E-state index in [1.165, 1.54) is 0 Å². The molecule has 0 saturated carbocycles. The summed E-state index contributed by atoms with van der Waals surface area (Å²) in [6.07, 6.45) is 2.12. The topological polar surface area (TPSA) is 61.4 Å². The lowest BCUT2D eigenvalue weighted by Gasteiger charge is -2.16. The molecule has 1 fully saturated rings. The summed E-state index contributed by atoms with van der Waals surface area (Å²) < 4.78 is 0. The van der Waals surface area contributed by atoms with E-state index in [0.717, 1.165) is 37.2 Å². The van der Waals surface area contributed by atoms with Gasteiger partial charge in [-0.2, -0.15) is 0 Å². The van der Waals surface area contributed by atoms with Crippen LogP contribution in [0.1, 0.15) is 28.8 Å². The first-order chi connectivity index (χ1) is 12.5. The van der Waals surface area contributed by atoms with E-state index in [0.29, 0.717) is 16.3 Å². The maximum atomic E-state index is 12.5. The average Bonchev–Trinajstić information content (AvgIpc) is 3.18. The normalized spacial score (nSPS) is 13.5. The zero-order valence-corrected chi connectivity index (χ0v) is 15.5. The van der Waals surface area contributed by atoms with Crippen LogP contribution in [0.4, 0.5) is 11.4 Å². The fraction of sp³-hybridized carbons (Fsp3) is 0.300. The van der Waals surface area contributed by atoms with Gasteiger partial charge in [0, 0.05) is 35.1 Å². The molecule has 0 aliphatic carbocycles. The number of hydrogen-bond donors (Lipinski definition) is 2. The van der Waals surface area contributed by atoms with Crippen molar-refractivity contribution >= 4 is 34.8 Å². The van der Waals surface area contributed by atoms with Crippen LogP contribution in [-0.4, -0.2) is 36.3 Å². The number of likely N-dealkylation sites (tertiary alicyclic amines) is 1. The highest BCUT2D eigenvalue weighted by Gasteiger charge is 2.19. The van der Waals surface area contributed by atoms with E-state index in [9.17, 15) is 9.59 Å². The van der Waals surface area contributed by atoms with Gasteiger partial charge in [0.1, 0.15) is 0 Å². The summed E-state index contributed by atoms with van der Waals surface area (Å²) in [6.45, 7) is 3.60. The van der Waals surface area contributed by atoms with Crippen LogP contribution in [0, 0.1) is 6.92 Å². The molecule has 2 aromatic rings. The standard InChI is InChI=1S/C20H22ClN3O2/c1-14-17(21)8-5-9-18(14)23-19(25)13-22-16-7-4-6-15(12-16)20(26)24-10-2-3-11-24/h4-9,12,22H,2-3,10-11,13H2,1H3,(H,23,25). The zero-order chi connectivity index (χ0) is 18.5. The second-order valence-electron chi connectivity index (χ2n) is 6.39. The molecule has 0 bridgehead atoms. The van der Waals surface area contributed by atoms with Gasteiger partial charge in [-0.3, -0.25) is 9.59 Å². The fourth-order valence-electron chi connectivity index (χ4n) is 2.98. The quantitative estimate of drug-likeness (QED) is 0.837. The van der Waals surface area contributed by atoms with Crippen LogP contribution in [-0.2, 0) is 4.79 Å². The summed E-state index contributed by atoms with van der Waals surface area (Å²) in [5.74, 6) is -0.128. The van der Waals surface area contributed by atoms with Crippen LogP contribution >= 0.6 is 11.6 Å². The Morgan fingerprint density at radius 1 is 1.12 bits per heavy atom. The van der Waals surface area contributed by atoms with E-state index < -0.39 is 0 Å². The highest BCUT2D eigenvalue weighted by Crippen LogP contribution is 2.23. The number of anilines is 2. The molecular weight excluding hydrogens is 350 g/mol. The van der Waals surface area contributed by atoms with E-state index >= 15 is 0 Å². The van der Waals surface area contributed by atoms with Gasteiger partial charge in [-0.05, 0) is 55.7 Å². The Hall–Kier alpha value is -2.53. The van der Waals surface area contributed by atoms with Crippen molar-refractivity contribution in [2.24, 2.45) is 0 Å². The van der Waals surface area contributed by atoms with Crippen molar-refractivity contribution in [1.29, 1.82) is 0 Å². The van der Waals surface area contributed by atoms with Crippen LogP contribution in [0.25, 0.3) is 0 Å². The number of benzene rings is 2. The molecule has 0 unspecified atom stereocenters. The molecule has 0 atom stereocenters. The molecule has 2 aromatic carbocycles. The molecule has 1 heterocycles. The Bertz CT molecular complexity index is 816. The molecule has 136 valence electrons. The molecule has 2 N–H and O–H groups in total. The molecule has 1 aliphatic heterocycles. The number of amides is 2. The van der Waals surface area contributed by atoms with Crippen molar-refractivity contribution in [3.8, 4) is 0 Å². The van der Waals surface area contributed by atoms with Crippen LogP contribution in [0.15, 0.2) is 42.5 Å². The molecule has 0 spiro atoms. The Balaban J connectivity index is 1.59. The van der Waals surface area contributed by atoms with Gasteiger partial charge >= 0.3 is 0 Å². The third-order valence-corrected chi connectivity index (χ3v) is 4.91. The molecule has 2 amide bonds. The molecule has 5 nitrogen and oxygen atoms in total. The highest BCUT2D eigenvalue weighted by molar-refractivity contribution is 6.31. The summed E-state index contributed by atoms with van der Waals surface area (Å²) in [4.78, 5) is 26.5.